The zero-order valence-corrected chi connectivity index (χ0v) is 12.3. The molecular formula is C17H15N3O3. The van der Waals surface area contributed by atoms with Crippen LogP contribution in [0.1, 0.15) is 17.7 Å². The molecule has 1 aromatic carbocycles. The highest BCUT2D eigenvalue weighted by atomic mass is 16.3. The topological polar surface area (TPSA) is 95.1 Å². The number of nitrogens with zero attached hydrogens (tertiary/aromatic N) is 1. The van der Waals surface area contributed by atoms with E-state index in [9.17, 15) is 9.59 Å². The third kappa shape index (κ3) is 3.40. The minimum atomic E-state index is -0.349. The summed E-state index contributed by atoms with van der Waals surface area (Å²) in [6.45, 7) is 0.313. The normalized spacial score (nSPS) is 18.7. The monoisotopic (exact) mass is 309 g/mol. The lowest BCUT2D eigenvalue weighted by Crippen LogP contribution is -2.27. The van der Waals surface area contributed by atoms with Crippen molar-refractivity contribution >= 4 is 17.5 Å². The Hall–Kier alpha value is -3.07. The molecule has 0 radical (unpaired) electrons. The van der Waals surface area contributed by atoms with Gasteiger partial charge in [0.1, 0.15) is 11.8 Å². The molecule has 1 aromatic heterocycles. The van der Waals surface area contributed by atoms with Gasteiger partial charge < -0.3 is 15.1 Å². The molecule has 0 saturated heterocycles. The summed E-state index contributed by atoms with van der Waals surface area (Å²) in [4.78, 5) is 24.2. The van der Waals surface area contributed by atoms with Gasteiger partial charge in [-0.3, -0.25) is 9.59 Å². The molecule has 1 aliphatic rings. The Morgan fingerprint density at radius 1 is 1.17 bits per heavy atom. The molecule has 0 bridgehead atoms. The predicted octanol–water partition coefficient (Wildman–Crippen LogP) is 2.04. The Morgan fingerprint density at radius 3 is 2.70 bits per heavy atom. The Labute approximate surface area is 133 Å². The summed E-state index contributed by atoms with van der Waals surface area (Å²) in [5.41, 5.74) is 0.877. The van der Waals surface area contributed by atoms with Crippen molar-refractivity contribution in [3.8, 4) is 6.07 Å². The molecule has 1 heterocycles. The van der Waals surface area contributed by atoms with Gasteiger partial charge in [-0.1, -0.05) is 12.1 Å². The lowest BCUT2D eigenvalue weighted by Gasteiger charge is -2.06. The summed E-state index contributed by atoms with van der Waals surface area (Å²) < 4.78 is 5.14. The number of nitrogens with one attached hydrogen (secondary N) is 2. The maximum absolute atomic E-state index is 12.2. The molecule has 0 aliphatic heterocycles. The Bertz CT molecular complexity index is 762. The summed E-state index contributed by atoms with van der Waals surface area (Å²) in [6, 6.07) is 12.3. The van der Waals surface area contributed by atoms with Crippen LogP contribution in [-0.4, -0.2) is 11.8 Å². The lowest BCUT2D eigenvalue weighted by molar-refractivity contribution is -0.125. The second kappa shape index (κ2) is 6.36. The second-order valence-corrected chi connectivity index (χ2v) is 5.39. The number of amides is 2. The zero-order chi connectivity index (χ0) is 16.2. The molecule has 6 heteroatoms. The Morgan fingerprint density at radius 2 is 1.96 bits per heavy atom. The number of anilines is 1. The van der Waals surface area contributed by atoms with E-state index in [1.807, 2.05) is 6.07 Å². The molecule has 2 aromatic rings. The smallest absolute Gasteiger partial charge is 0.228 e. The van der Waals surface area contributed by atoms with Crippen LogP contribution in [0.5, 0.6) is 0 Å². The van der Waals surface area contributed by atoms with Gasteiger partial charge in [0, 0.05) is 0 Å². The van der Waals surface area contributed by atoms with Crippen LogP contribution in [0.25, 0.3) is 0 Å². The largest absolute Gasteiger partial charge is 0.467 e. The fraction of sp³-hybridized carbons (Fsp3) is 0.235. The number of carbonyl (C=O) groups excluding carboxylic acids is 2. The maximum atomic E-state index is 12.2. The SMILES string of the molecule is N#Cc1ccccc1NC(=O)C1CC1C(=O)NCc1ccco1. The number of rotatable bonds is 5. The van der Waals surface area contributed by atoms with Gasteiger partial charge in [0.25, 0.3) is 0 Å². The lowest BCUT2D eigenvalue weighted by atomic mass is 10.2. The summed E-state index contributed by atoms with van der Waals surface area (Å²) in [6.07, 6.45) is 2.06. The average Bonchev–Trinajstić information content (AvgIpc) is 3.21. The van der Waals surface area contributed by atoms with Crippen LogP contribution in [0, 0.1) is 23.2 Å². The highest BCUT2D eigenvalue weighted by Crippen LogP contribution is 2.39. The first kappa shape index (κ1) is 14.9. The van der Waals surface area contributed by atoms with Crippen molar-refractivity contribution in [3.63, 3.8) is 0 Å². The molecule has 1 fully saturated rings. The van der Waals surface area contributed by atoms with E-state index >= 15 is 0 Å². The molecule has 1 saturated carbocycles. The van der Waals surface area contributed by atoms with Crippen LogP contribution in [0.15, 0.2) is 47.1 Å². The molecular weight excluding hydrogens is 294 g/mol. The predicted molar refractivity (Wildman–Crippen MR) is 81.9 cm³/mol. The van der Waals surface area contributed by atoms with Crippen LogP contribution in [-0.2, 0) is 16.1 Å². The number of benzene rings is 1. The molecule has 0 spiro atoms. The van der Waals surface area contributed by atoms with Crippen LogP contribution in [0.2, 0.25) is 0 Å². The third-order valence-electron chi connectivity index (χ3n) is 3.79. The first-order valence-electron chi connectivity index (χ1n) is 7.29. The fourth-order valence-corrected chi connectivity index (χ4v) is 2.41. The molecule has 2 atom stereocenters. The quantitative estimate of drug-likeness (QED) is 0.883. The minimum Gasteiger partial charge on any atom is -0.467 e. The van der Waals surface area contributed by atoms with Gasteiger partial charge in [-0.05, 0) is 30.7 Å². The third-order valence-corrected chi connectivity index (χ3v) is 3.79. The van der Waals surface area contributed by atoms with E-state index in [4.69, 9.17) is 9.68 Å². The molecule has 2 amide bonds. The standard InChI is InChI=1S/C17H15N3O3/c18-9-11-4-1-2-6-15(11)20-17(22)14-8-13(14)16(21)19-10-12-5-3-7-23-12/h1-7,13-14H,8,10H2,(H,19,21)(H,20,22). The number of hydrogen-bond donors (Lipinski definition) is 2. The van der Waals surface area contributed by atoms with Crippen LogP contribution >= 0.6 is 0 Å². The fourth-order valence-electron chi connectivity index (χ4n) is 2.41. The van der Waals surface area contributed by atoms with Gasteiger partial charge in [-0.2, -0.15) is 5.26 Å². The van der Waals surface area contributed by atoms with Crippen molar-refractivity contribution in [2.45, 2.75) is 13.0 Å². The van der Waals surface area contributed by atoms with E-state index in [0.717, 1.165) is 0 Å². The maximum Gasteiger partial charge on any atom is 0.228 e. The van der Waals surface area contributed by atoms with Gasteiger partial charge in [-0.15, -0.1) is 0 Å². The molecule has 2 N–H and O–H groups in total. The number of hydrogen-bond acceptors (Lipinski definition) is 4. The highest BCUT2D eigenvalue weighted by molar-refractivity contribution is 6.00. The van der Waals surface area contributed by atoms with E-state index in [1.54, 1.807) is 42.7 Å². The van der Waals surface area contributed by atoms with E-state index in [1.165, 1.54) is 0 Å². The molecule has 6 nitrogen and oxygen atoms in total. The van der Waals surface area contributed by atoms with Crippen molar-refractivity contribution in [2.75, 3.05) is 5.32 Å². The first-order valence-corrected chi connectivity index (χ1v) is 7.29. The van der Waals surface area contributed by atoms with Crippen molar-refractivity contribution in [3.05, 3.63) is 54.0 Å². The van der Waals surface area contributed by atoms with Gasteiger partial charge in [0.05, 0.1) is 35.9 Å². The Balaban J connectivity index is 1.52. The van der Waals surface area contributed by atoms with Crippen molar-refractivity contribution in [1.29, 1.82) is 5.26 Å². The molecule has 3 rings (SSSR count). The first-order chi connectivity index (χ1) is 11.2. The molecule has 116 valence electrons. The van der Waals surface area contributed by atoms with Gasteiger partial charge in [0.15, 0.2) is 0 Å². The van der Waals surface area contributed by atoms with Crippen LogP contribution < -0.4 is 10.6 Å². The number of furan rings is 1. The number of para-hydroxylation sites is 1. The Kier molecular flexibility index (Phi) is 4.11. The average molecular weight is 309 g/mol. The summed E-state index contributed by atoms with van der Waals surface area (Å²) in [5.74, 6) is -0.388. The van der Waals surface area contributed by atoms with E-state index in [2.05, 4.69) is 10.6 Å². The van der Waals surface area contributed by atoms with Crippen molar-refractivity contribution < 1.29 is 14.0 Å². The molecule has 23 heavy (non-hydrogen) atoms. The zero-order valence-electron chi connectivity index (χ0n) is 12.3. The highest BCUT2D eigenvalue weighted by Gasteiger charge is 2.48. The van der Waals surface area contributed by atoms with Crippen molar-refractivity contribution in [2.24, 2.45) is 11.8 Å². The van der Waals surface area contributed by atoms with Gasteiger partial charge >= 0.3 is 0 Å². The number of nitriles is 1. The summed E-state index contributed by atoms with van der Waals surface area (Å²) in [5, 5.41) is 14.5. The van der Waals surface area contributed by atoms with Gasteiger partial charge in [-0.25, -0.2) is 0 Å². The second-order valence-electron chi connectivity index (χ2n) is 5.39. The van der Waals surface area contributed by atoms with E-state index in [0.29, 0.717) is 30.0 Å². The van der Waals surface area contributed by atoms with Crippen molar-refractivity contribution in [1.82, 2.24) is 5.32 Å². The minimum absolute atomic E-state index is 0.157. The van der Waals surface area contributed by atoms with E-state index < -0.39 is 0 Å². The molecule has 2 unspecified atom stereocenters. The summed E-state index contributed by atoms with van der Waals surface area (Å²) >= 11 is 0. The number of carbonyl (C=O) groups is 2. The van der Waals surface area contributed by atoms with Gasteiger partial charge in [0.2, 0.25) is 11.8 Å². The molecule has 1 aliphatic carbocycles. The summed E-state index contributed by atoms with van der Waals surface area (Å²) in [7, 11) is 0. The van der Waals surface area contributed by atoms with Crippen LogP contribution in [0.4, 0.5) is 5.69 Å². The van der Waals surface area contributed by atoms with Crippen LogP contribution in [0.3, 0.4) is 0 Å². The van der Waals surface area contributed by atoms with E-state index in [-0.39, 0.29) is 23.7 Å².